The molecule has 16 heavy (non-hydrogen) atoms. The van der Waals surface area contributed by atoms with Gasteiger partial charge in [-0.1, -0.05) is 42.5 Å². The van der Waals surface area contributed by atoms with Gasteiger partial charge in [0.1, 0.15) is 5.78 Å². The number of ether oxygens (including phenoxy) is 1. The molecule has 2 heteroatoms. The maximum absolute atomic E-state index is 10.8. The van der Waals surface area contributed by atoms with Crippen molar-refractivity contribution in [1.82, 2.24) is 0 Å². The van der Waals surface area contributed by atoms with Gasteiger partial charge in [-0.25, -0.2) is 0 Å². The Morgan fingerprint density at radius 1 is 1.25 bits per heavy atom. The van der Waals surface area contributed by atoms with E-state index in [4.69, 9.17) is 4.74 Å². The van der Waals surface area contributed by atoms with Crippen molar-refractivity contribution in [1.29, 1.82) is 0 Å². The Morgan fingerprint density at radius 3 is 2.56 bits per heavy atom. The minimum absolute atomic E-state index is 0.198. The summed E-state index contributed by atoms with van der Waals surface area (Å²) >= 11 is 0. The fourth-order valence-electron chi connectivity index (χ4n) is 1.31. The van der Waals surface area contributed by atoms with Crippen LogP contribution in [0.2, 0.25) is 0 Å². The number of hydrogen-bond acceptors (Lipinski definition) is 2. The van der Waals surface area contributed by atoms with Crippen molar-refractivity contribution in [2.75, 3.05) is 6.61 Å². The van der Waals surface area contributed by atoms with Gasteiger partial charge in [0.15, 0.2) is 0 Å². The van der Waals surface area contributed by atoms with Crippen molar-refractivity contribution < 1.29 is 9.53 Å². The van der Waals surface area contributed by atoms with Gasteiger partial charge >= 0.3 is 0 Å². The smallest absolute Gasteiger partial charge is 0.130 e. The lowest BCUT2D eigenvalue weighted by molar-refractivity contribution is -0.117. The van der Waals surface area contributed by atoms with E-state index in [2.05, 4.69) is 6.58 Å². The van der Waals surface area contributed by atoms with Crippen molar-refractivity contribution in [3.63, 3.8) is 0 Å². The minimum Gasteiger partial charge on any atom is -0.372 e. The summed E-state index contributed by atoms with van der Waals surface area (Å²) in [5.41, 5.74) is 2.13. The fraction of sp³-hybridized carbons (Fsp3) is 0.357. The second-order valence-corrected chi connectivity index (χ2v) is 3.93. The molecule has 0 aliphatic heterocycles. The van der Waals surface area contributed by atoms with Crippen LogP contribution in [0.15, 0.2) is 42.5 Å². The Morgan fingerprint density at radius 2 is 1.94 bits per heavy atom. The molecule has 0 aliphatic carbocycles. The largest absolute Gasteiger partial charge is 0.372 e. The zero-order chi connectivity index (χ0) is 11.8. The summed E-state index contributed by atoms with van der Waals surface area (Å²) in [5.74, 6) is 0.198. The van der Waals surface area contributed by atoms with Gasteiger partial charge in [0.05, 0.1) is 13.2 Å². The number of carbonyl (C=O) groups excluding carboxylic acids is 1. The molecule has 2 nitrogen and oxygen atoms in total. The molecule has 0 N–H and O–H groups in total. The highest BCUT2D eigenvalue weighted by Gasteiger charge is 1.98. The van der Waals surface area contributed by atoms with Crippen LogP contribution < -0.4 is 0 Å². The first-order valence-electron chi connectivity index (χ1n) is 5.46. The molecule has 0 saturated carbocycles. The van der Waals surface area contributed by atoms with Crippen molar-refractivity contribution in [3.05, 3.63) is 48.0 Å². The fourth-order valence-corrected chi connectivity index (χ4v) is 1.31. The Labute approximate surface area is 96.9 Å². The number of carbonyl (C=O) groups is 1. The molecule has 0 unspecified atom stereocenters. The van der Waals surface area contributed by atoms with Crippen LogP contribution in [0.4, 0.5) is 0 Å². The molecule has 1 rings (SSSR count). The van der Waals surface area contributed by atoms with E-state index in [-0.39, 0.29) is 5.78 Å². The third-order valence-corrected chi connectivity index (χ3v) is 2.25. The predicted octanol–water partition coefficient (Wildman–Crippen LogP) is 3.13. The first kappa shape index (κ1) is 12.7. The second-order valence-electron chi connectivity index (χ2n) is 3.93. The van der Waals surface area contributed by atoms with Crippen LogP contribution in [0, 0.1) is 0 Å². The van der Waals surface area contributed by atoms with Crippen LogP contribution in [0.3, 0.4) is 0 Å². The Balaban J connectivity index is 2.16. The highest BCUT2D eigenvalue weighted by Crippen LogP contribution is 2.06. The van der Waals surface area contributed by atoms with Crippen molar-refractivity contribution in [2.24, 2.45) is 0 Å². The first-order chi connectivity index (χ1) is 7.68. The molecule has 0 aliphatic rings. The summed E-state index contributed by atoms with van der Waals surface area (Å²) in [6, 6.07) is 10.0. The maximum Gasteiger partial charge on any atom is 0.130 e. The van der Waals surface area contributed by atoms with Crippen molar-refractivity contribution in [3.8, 4) is 0 Å². The van der Waals surface area contributed by atoms with Gasteiger partial charge in [-0.3, -0.25) is 0 Å². The molecular formula is C14H18O2. The minimum atomic E-state index is 0.198. The van der Waals surface area contributed by atoms with Gasteiger partial charge in [0, 0.05) is 6.42 Å². The van der Waals surface area contributed by atoms with E-state index < -0.39 is 0 Å². The molecule has 0 amide bonds. The van der Waals surface area contributed by atoms with E-state index in [1.807, 2.05) is 30.3 Å². The third kappa shape index (κ3) is 5.47. The zero-order valence-electron chi connectivity index (χ0n) is 9.74. The van der Waals surface area contributed by atoms with E-state index >= 15 is 0 Å². The third-order valence-electron chi connectivity index (χ3n) is 2.25. The molecular weight excluding hydrogens is 200 g/mol. The Bertz CT molecular complexity index is 341. The average Bonchev–Trinajstić information content (AvgIpc) is 2.28. The molecule has 0 heterocycles. The number of rotatable bonds is 7. The summed E-state index contributed by atoms with van der Waals surface area (Å²) in [7, 11) is 0. The predicted molar refractivity (Wildman–Crippen MR) is 65.2 cm³/mol. The molecule has 0 bridgehead atoms. The van der Waals surface area contributed by atoms with Gasteiger partial charge in [-0.15, -0.1) is 0 Å². The molecule has 1 aromatic rings. The summed E-state index contributed by atoms with van der Waals surface area (Å²) in [6.45, 7) is 6.60. The van der Waals surface area contributed by atoms with E-state index in [0.717, 1.165) is 17.6 Å². The van der Waals surface area contributed by atoms with Crippen LogP contribution in [-0.4, -0.2) is 12.4 Å². The van der Waals surface area contributed by atoms with E-state index in [9.17, 15) is 4.79 Å². The second kappa shape index (κ2) is 6.96. The molecule has 0 fully saturated rings. The van der Waals surface area contributed by atoms with Gasteiger partial charge < -0.3 is 9.53 Å². The summed E-state index contributed by atoms with van der Waals surface area (Å²) in [6.07, 6.45) is 1.29. The normalized spacial score (nSPS) is 10.1. The lowest BCUT2D eigenvalue weighted by Gasteiger charge is -2.06. The van der Waals surface area contributed by atoms with Gasteiger partial charge in [-0.2, -0.15) is 0 Å². The summed E-state index contributed by atoms with van der Waals surface area (Å²) < 4.78 is 5.50. The van der Waals surface area contributed by atoms with Crippen LogP contribution in [0.25, 0.3) is 0 Å². The van der Waals surface area contributed by atoms with E-state index in [1.54, 1.807) is 6.92 Å². The average molecular weight is 218 g/mol. The summed E-state index contributed by atoms with van der Waals surface area (Å²) in [4.78, 5) is 10.8. The van der Waals surface area contributed by atoms with Crippen LogP contribution >= 0.6 is 0 Å². The molecule has 0 saturated heterocycles. The lowest BCUT2D eigenvalue weighted by atomic mass is 10.1. The number of benzene rings is 1. The molecule has 1 aromatic carbocycles. The topological polar surface area (TPSA) is 26.3 Å². The number of ketones is 1. The monoisotopic (exact) mass is 218 g/mol. The van der Waals surface area contributed by atoms with Gasteiger partial charge in [0.25, 0.3) is 0 Å². The zero-order valence-corrected chi connectivity index (χ0v) is 9.74. The van der Waals surface area contributed by atoms with Crippen LogP contribution in [0.5, 0.6) is 0 Å². The molecule has 86 valence electrons. The molecule has 0 atom stereocenters. The van der Waals surface area contributed by atoms with Crippen molar-refractivity contribution in [2.45, 2.75) is 26.4 Å². The first-order valence-corrected chi connectivity index (χ1v) is 5.46. The van der Waals surface area contributed by atoms with Crippen LogP contribution in [0.1, 0.15) is 25.3 Å². The number of hydrogen-bond donors (Lipinski definition) is 0. The number of Topliss-reactive ketones (excluding diaryl/α,β-unsaturated/α-hetero) is 1. The van der Waals surface area contributed by atoms with E-state index in [0.29, 0.717) is 19.6 Å². The van der Waals surface area contributed by atoms with Crippen LogP contribution in [-0.2, 0) is 16.1 Å². The highest BCUT2D eigenvalue weighted by atomic mass is 16.5. The van der Waals surface area contributed by atoms with Crippen molar-refractivity contribution >= 4 is 5.78 Å². The Hall–Kier alpha value is -1.41. The highest BCUT2D eigenvalue weighted by molar-refractivity contribution is 5.75. The lowest BCUT2D eigenvalue weighted by Crippen LogP contribution is -2.00. The van der Waals surface area contributed by atoms with Gasteiger partial charge in [-0.05, 0) is 18.9 Å². The molecule has 0 spiro atoms. The molecule has 0 aromatic heterocycles. The molecule has 0 radical (unpaired) electrons. The van der Waals surface area contributed by atoms with Gasteiger partial charge in [0.2, 0.25) is 0 Å². The SMILES string of the molecule is C=C(CCC(C)=O)COCc1ccccc1. The standard InChI is InChI=1S/C14H18O2/c1-12(8-9-13(2)15)10-16-11-14-6-4-3-5-7-14/h3-7H,1,8-11H2,2H3. The summed E-state index contributed by atoms with van der Waals surface area (Å²) in [5, 5.41) is 0. The maximum atomic E-state index is 10.8. The van der Waals surface area contributed by atoms with E-state index in [1.165, 1.54) is 0 Å². The Kier molecular flexibility index (Phi) is 5.51. The quantitative estimate of drug-likeness (QED) is 0.657.